The van der Waals surface area contributed by atoms with Gasteiger partial charge in [-0.3, -0.25) is 0 Å². The van der Waals surface area contributed by atoms with Gasteiger partial charge in [-0.1, -0.05) is 22.6 Å². The fourth-order valence-corrected chi connectivity index (χ4v) is 2.33. The second-order valence-corrected chi connectivity index (χ2v) is 3.88. The summed E-state index contributed by atoms with van der Waals surface area (Å²) in [7, 11) is 0. The summed E-state index contributed by atoms with van der Waals surface area (Å²) < 4.78 is 1.27. The number of halogens is 1. The molecule has 2 nitrogen and oxygen atoms in total. The highest BCUT2D eigenvalue weighted by molar-refractivity contribution is 14.1. The van der Waals surface area contributed by atoms with Crippen LogP contribution in [0.15, 0.2) is 0 Å². The molecule has 0 aromatic heterocycles. The first-order chi connectivity index (χ1) is 4.86. The zero-order valence-corrected chi connectivity index (χ0v) is 8.17. The van der Waals surface area contributed by atoms with Crippen molar-refractivity contribution in [2.24, 2.45) is 5.92 Å². The van der Waals surface area contributed by atoms with Crippen LogP contribution in [0.5, 0.6) is 0 Å². The number of nitrogens with one attached hydrogen (secondary N) is 1. The topological polar surface area (TPSA) is 32.3 Å². The van der Waals surface area contributed by atoms with Crippen LogP contribution in [0.2, 0.25) is 0 Å². The van der Waals surface area contributed by atoms with E-state index in [1.54, 1.807) is 0 Å². The molecular formula is C7H14INO. The minimum atomic E-state index is 0.374. The van der Waals surface area contributed by atoms with Gasteiger partial charge in [-0.2, -0.15) is 0 Å². The highest BCUT2D eigenvalue weighted by atomic mass is 127. The summed E-state index contributed by atoms with van der Waals surface area (Å²) in [6.45, 7) is 0. The van der Waals surface area contributed by atoms with Gasteiger partial charge < -0.3 is 5.21 Å². The summed E-state index contributed by atoms with van der Waals surface area (Å²) in [5.74, 6) is 0.908. The van der Waals surface area contributed by atoms with E-state index in [0.717, 1.165) is 18.8 Å². The minimum absolute atomic E-state index is 0.374. The smallest absolute Gasteiger partial charge is 0.0319 e. The quantitative estimate of drug-likeness (QED) is 0.449. The average molecular weight is 255 g/mol. The predicted octanol–water partition coefficient (Wildman–Crippen LogP) is 1.96. The predicted molar refractivity (Wildman–Crippen MR) is 49.6 cm³/mol. The molecule has 0 aromatic carbocycles. The molecule has 10 heavy (non-hydrogen) atoms. The summed E-state index contributed by atoms with van der Waals surface area (Å²) in [5.41, 5.74) is 2.35. The molecule has 3 heteroatoms. The van der Waals surface area contributed by atoms with E-state index in [1.165, 1.54) is 17.3 Å². The summed E-state index contributed by atoms with van der Waals surface area (Å²) in [4.78, 5) is 0. The Kier molecular flexibility index (Phi) is 3.95. The summed E-state index contributed by atoms with van der Waals surface area (Å²) >= 11 is 2.44. The molecule has 0 unspecified atom stereocenters. The lowest BCUT2D eigenvalue weighted by Crippen LogP contribution is -2.30. The van der Waals surface area contributed by atoms with Crippen LogP contribution in [0.1, 0.15) is 25.7 Å². The summed E-state index contributed by atoms with van der Waals surface area (Å²) in [5, 5.41) is 8.60. The van der Waals surface area contributed by atoms with Crippen molar-refractivity contribution in [2.75, 3.05) is 4.43 Å². The lowest BCUT2D eigenvalue weighted by atomic mass is 9.88. The van der Waals surface area contributed by atoms with Crippen LogP contribution >= 0.6 is 22.6 Å². The zero-order valence-electron chi connectivity index (χ0n) is 6.02. The second-order valence-electron chi connectivity index (χ2n) is 3.00. The molecule has 0 spiro atoms. The molecule has 2 N–H and O–H groups in total. The second kappa shape index (κ2) is 4.51. The van der Waals surface area contributed by atoms with E-state index in [2.05, 4.69) is 28.1 Å². The molecule has 1 aliphatic rings. The lowest BCUT2D eigenvalue weighted by molar-refractivity contribution is 0.0996. The number of alkyl halides is 1. The minimum Gasteiger partial charge on any atom is -0.317 e. The summed E-state index contributed by atoms with van der Waals surface area (Å²) in [6, 6.07) is 0.374. The van der Waals surface area contributed by atoms with Gasteiger partial charge >= 0.3 is 0 Å². The van der Waals surface area contributed by atoms with Crippen LogP contribution in [0.25, 0.3) is 0 Å². The largest absolute Gasteiger partial charge is 0.317 e. The van der Waals surface area contributed by atoms with Crippen molar-refractivity contribution >= 4 is 22.6 Å². The fourth-order valence-electron chi connectivity index (χ4n) is 1.45. The maximum Gasteiger partial charge on any atom is 0.0319 e. The van der Waals surface area contributed by atoms with Crippen LogP contribution in [-0.2, 0) is 0 Å². The van der Waals surface area contributed by atoms with Crippen molar-refractivity contribution in [3.8, 4) is 0 Å². The number of hydroxylamine groups is 1. The fraction of sp³-hybridized carbons (Fsp3) is 1.00. The normalized spacial score (nSPS) is 34.2. The Morgan fingerprint density at radius 2 is 1.90 bits per heavy atom. The first-order valence-corrected chi connectivity index (χ1v) is 5.35. The van der Waals surface area contributed by atoms with Crippen molar-refractivity contribution < 1.29 is 5.21 Å². The van der Waals surface area contributed by atoms with Gasteiger partial charge in [-0.15, -0.1) is 0 Å². The lowest BCUT2D eigenvalue weighted by Gasteiger charge is -2.25. The van der Waals surface area contributed by atoms with Gasteiger partial charge in [-0.25, -0.2) is 5.48 Å². The SMILES string of the molecule is ONC1CCC(CI)CC1. The van der Waals surface area contributed by atoms with Crippen molar-refractivity contribution in [2.45, 2.75) is 31.7 Å². The molecule has 60 valence electrons. The van der Waals surface area contributed by atoms with Crippen LogP contribution in [-0.4, -0.2) is 15.7 Å². The van der Waals surface area contributed by atoms with E-state index in [0.29, 0.717) is 6.04 Å². The van der Waals surface area contributed by atoms with E-state index >= 15 is 0 Å². The van der Waals surface area contributed by atoms with Gasteiger partial charge in [0.1, 0.15) is 0 Å². The molecule has 1 saturated carbocycles. The Morgan fingerprint density at radius 1 is 1.30 bits per heavy atom. The Morgan fingerprint density at radius 3 is 2.30 bits per heavy atom. The molecule has 0 aromatic rings. The molecule has 1 fully saturated rings. The first kappa shape index (κ1) is 8.74. The van der Waals surface area contributed by atoms with Crippen molar-refractivity contribution in [3.63, 3.8) is 0 Å². The first-order valence-electron chi connectivity index (χ1n) is 3.82. The third-order valence-corrected chi connectivity index (χ3v) is 3.49. The van der Waals surface area contributed by atoms with Gasteiger partial charge in [0.15, 0.2) is 0 Å². The van der Waals surface area contributed by atoms with Gasteiger partial charge in [0.05, 0.1) is 0 Å². The van der Waals surface area contributed by atoms with E-state index in [1.807, 2.05) is 0 Å². The van der Waals surface area contributed by atoms with Gasteiger partial charge in [-0.05, 0) is 31.6 Å². The van der Waals surface area contributed by atoms with Crippen molar-refractivity contribution in [1.29, 1.82) is 0 Å². The molecule has 0 radical (unpaired) electrons. The van der Waals surface area contributed by atoms with E-state index in [-0.39, 0.29) is 0 Å². The molecule has 0 aliphatic heterocycles. The summed E-state index contributed by atoms with van der Waals surface area (Å²) in [6.07, 6.45) is 4.84. The third kappa shape index (κ3) is 2.36. The van der Waals surface area contributed by atoms with Crippen LogP contribution in [0.3, 0.4) is 0 Å². The zero-order chi connectivity index (χ0) is 7.40. The van der Waals surface area contributed by atoms with Crippen molar-refractivity contribution in [1.82, 2.24) is 5.48 Å². The Balaban J connectivity index is 2.17. The molecule has 0 saturated heterocycles. The van der Waals surface area contributed by atoms with E-state index < -0.39 is 0 Å². The maximum absolute atomic E-state index is 8.60. The molecule has 0 atom stereocenters. The van der Waals surface area contributed by atoms with Gasteiger partial charge in [0, 0.05) is 10.5 Å². The van der Waals surface area contributed by atoms with Crippen LogP contribution in [0.4, 0.5) is 0 Å². The standard InChI is InChI=1S/C7H14INO/c8-5-6-1-3-7(9-10)4-2-6/h6-7,9-10H,1-5H2. The maximum atomic E-state index is 8.60. The molecule has 0 bridgehead atoms. The molecule has 1 rings (SSSR count). The molecule has 0 heterocycles. The van der Waals surface area contributed by atoms with Crippen LogP contribution in [0, 0.1) is 5.92 Å². The number of hydrogen-bond donors (Lipinski definition) is 2. The third-order valence-electron chi connectivity index (χ3n) is 2.25. The Hall–Kier alpha value is 0.650. The van der Waals surface area contributed by atoms with Gasteiger partial charge in [0.25, 0.3) is 0 Å². The van der Waals surface area contributed by atoms with Gasteiger partial charge in [0.2, 0.25) is 0 Å². The Bertz CT molecular complexity index is 79.6. The highest BCUT2D eigenvalue weighted by Gasteiger charge is 2.18. The molecular weight excluding hydrogens is 241 g/mol. The Labute approximate surface area is 75.5 Å². The van der Waals surface area contributed by atoms with E-state index in [9.17, 15) is 0 Å². The number of hydrogen-bond acceptors (Lipinski definition) is 2. The monoisotopic (exact) mass is 255 g/mol. The van der Waals surface area contributed by atoms with E-state index in [4.69, 9.17) is 5.21 Å². The van der Waals surface area contributed by atoms with Crippen molar-refractivity contribution in [3.05, 3.63) is 0 Å². The highest BCUT2D eigenvalue weighted by Crippen LogP contribution is 2.25. The molecule has 1 aliphatic carbocycles. The molecule has 0 amide bonds. The van der Waals surface area contributed by atoms with Crippen LogP contribution < -0.4 is 5.48 Å². The number of rotatable bonds is 2. The average Bonchev–Trinajstić information content (AvgIpc) is 2.05.